The van der Waals surface area contributed by atoms with Gasteiger partial charge >= 0.3 is 0 Å². The Hall–Kier alpha value is -1.08. The minimum absolute atomic E-state index is 0.204. The Morgan fingerprint density at radius 3 is 2.91 bits per heavy atom. The van der Waals surface area contributed by atoms with E-state index < -0.39 is 0 Å². The molecule has 118 valence electrons. The molecule has 0 saturated carbocycles. The van der Waals surface area contributed by atoms with Gasteiger partial charge in [-0.05, 0) is 59.7 Å². The first-order chi connectivity index (χ1) is 10.6. The Morgan fingerprint density at radius 2 is 2.18 bits per heavy atom. The lowest BCUT2D eigenvalue weighted by Gasteiger charge is -2.27. The number of fused-ring (bicyclic) bond motifs is 1. The number of benzene rings is 1. The van der Waals surface area contributed by atoms with Gasteiger partial charge < -0.3 is 14.6 Å². The maximum absolute atomic E-state index is 6.03. The van der Waals surface area contributed by atoms with Gasteiger partial charge in [0.15, 0.2) is 0 Å². The van der Waals surface area contributed by atoms with Crippen molar-refractivity contribution < 1.29 is 4.74 Å². The van der Waals surface area contributed by atoms with Gasteiger partial charge in [0.25, 0.3) is 0 Å². The number of nitrogens with one attached hydrogen (secondary N) is 1. The first-order valence-corrected chi connectivity index (χ1v) is 8.86. The van der Waals surface area contributed by atoms with Crippen LogP contribution in [0.5, 0.6) is 5.75 Å². The lowest BCUT2D eigenvalue weighted by atomic mass is 10.1. The fourth-order valence-corrected chi connectivity index (χ4v) is 3.85. The first kappa shape index (κ1) is 15.8. The quantitative estimate of drug-likeness (QED) is 0.785. The Bertz CT molecular complexity index is 681. The van der Waals surface area contributed by atoms with Crippen LogP contribution in [0.1, 0.15) is 35.6 Å². The third-order valence-electron chi connectivity index (χ3n) is 4.31. The summed E-state index contributed by atoms with van der Waals surface area (Å²) in [6.07, 6.45) is 0.973. The lowest BCUT2D eigenvalue weighted by Crippen LogP contribution is -2.37. The Labute approximate surface area is 145 Å². The van der Waals surface area contributed by atoms with Gasteiger partial charge in [0, 0.05) is 19.5 Å². The number of imidazole rings is 1. The van der Waals surface area contributed by atoms with Crippen molar-refractivity contribution in [2.75, 3.05) is 13.2 Å². The van der Waals surface area contributed by atoms with Crippen LogP contribution in [0.25, 0.3) is 0 Å². The van der Waals surface area contributed by atoms with E-state index in [4.69, 9.17) is 9.72 Å². The molecule has 22 heavy (non-hydrogen) atoms. The summed E-state index contributed by atoms with van der Waals surface area (Å²) in [5.74, 6) is 2.12. The van der Waals surface area contributed by atoms with Crippen LogP contribution in [0.15, 0.2) is 18.2 Å². The van der Waals surface area contributed by atoms with Crippen molar-refractivity contribution in [3.05, 3.63) is 44.5 Å². The number of halogens is 1. The van der Waals surface area contributed by atoms with Crippen molar-refractivity contribution in [2.24, 2.45) is 0 Å². The van der Waals surface area contributed by atoms with Gasteiger partial charge in [-0.3, -0.25) is 0 Å². The molecule has 0 aliphatic carbocycles. The summed E-state index contributed by atoms with van der Waals surface area (Å²) in [6.45, 7) is 8.99. The highest BCUT2D eigenvalue weighted by atomic mass is 127. The fourth-order valence-electron chi connectivity index (χ4n) is 2.90. The van der Waals surface area contributed by atoms with E-state index in [1.165, 1.54) is 22.6 Å². The van der Waals surface area contributed by atoms with Crippen LogP contribution in [0.4, 0.5) is 0 Å². The van der Waals surface area contributed by atoms with Crippen LogP contribution in [-0.2, 0) is 13.0 Å². The molecule has 0 radical (unpaired) electrons. The SMILES string of the molecule is CCc1nc(I)c2n1CCN[C@H]2COc1ccc(C)c(C)c1. The number of hydrogen-bond acceptors (Lipinski definition) is 3. The van der Waals surface area contributed by atoms with Gasteiger partial charge in [0.1, 0.15) is 21.9 Å². The summed E-state index contributed by atoms with van der Waals surface area (Å²) in [5, 5.41) is 3.56. The number of hydrogen-bond donors (Lipinski definition) is 1. The zero-order valence-electron chi connectivity index (χ0n) is 13.3. The molecule has 2 heterocycles. The van der Waals surface area contributed by atoms with Crippen molar-refractivity contribution in [3.8, 4) is 5.75 Å². The van der Waals surface area contributed by atoms with E-state index in [-0.39, 0.29) is 6.04 Å². The molecule has 3 rings (SSSR count). The second-order valence-electron chi connectivity index (χ2n) is 5.77. The molecule has 1 atom stereocenters. The standard InChI is InChI=1S/C17H22IN3O/c1-4-15-20-17(18)16-14(19-7-8-21(15)16)10-22-13-6-5-11(2)12(3)9-13/h5-6,9,14,19H,4,7-8,10H2,1-3H3/t14-/m0/s1. The topological polar surface area (TPSA) is 39.1 Å². The minimum atomic E-state index is 0.204. The molecule has 1 N–H and O–H groups in total. The third kappa shape index (κ3) is 3.01. The molecular formula is C17H22IN3O. The summed E-state index contributed by atoms with van der Waals surface area (Å²) >= 11 is 2.34. The average Bonchev–Trinajstić information content (AvgIpc) is 2.85. The number of rotatable bonds is 4. The molecule has 1 aliphatic heterocycles. The fraction of sp³-hybridized carbons (Fsp3) is 0.471. The third-order valence-corrected chi connectivity index (χ3v) is 5.10. The minimum Gasteiger partial charge on any atom is -0.492 e. The van der Waals surface area contributed by atoms with E-state index >= 15 is 0 Å². The second kappa shape index (κ2) is 6.58. The molecule has 5 heteroatoms. The largest absolute Gasteiger partial charge is 0.492 e. The monoisotopic (exact) mass is 411 g/mol. The first-order valence-electron chi connectivity index (χ1n) is 7.78. The molecule has 1 aromatic heterocycles. The lowest BCUT2D eigenvalue weighted by molar-refractivity contribution is 0.246. The van der Waals surface area contributed by atoms with Crippen molar-refractivity contribution in [1.29, 1.82) is 0 Å². The van der Waals surface area contributed by atoms with Crippen LogP contribution in [0.3, 0.4) is 0 Å². The smallest absolute Gasteiger partial charge is 0.124 e. The summed E-state index contributed by atoms with van der Waals surface area (Å²) in [4.78, 5) is 4.70. The van der Waals surface area contributed by atoms with Gasteiger partial charge in [-0.1, -0.05) is 13.0 Å². The molecule has 4 nitrogen and oxygen atoms in total. The molecule has 0 fully saturated rings. The van der Waals surface area contributed by atoms with Crippen molar-refractivity contribution in [2.45, 2.75) is 39.8 Å². The maximum Gasteiger partial charge on any atom is 0.124 e. The van der Waals surface area contributed by atoms with E-state index in [0.29, 0.717) is 6.61 Å². The van der Waals surface area contributed by atoms with Crippen LogP contribution in [0, 0.1) is 17.5 Å². The zero-order valence-corrected chi connectivity index (χ0v) is 15.5. The normalized spacial score (nSPS) is 17.4. The van der Waals surface area contributed by atoms with E-state index in [9.17, 15) is 0 Å². The van der Waals surface area contributed by atoms with E-state index in [2.05, 4.69) is 65.4 Å². The zero-order chi connectivity index (χ0) is 15.7. The van der Waals surface area contributed by atoms with Crippen molar-refractivity contribution in [3.63, 3.8) is 0 Å². The number of aryl methyl sites for hydroxylation is 3. The molecule has 1 aliphatic rings. The number of aromatic nitrogens is 2. The average molecular weight is 411 g/mol. The highest BCUT2D eigenvalue weighted by Gasteiger charge is 2.26. The van der Waals surface area contributed by atoms with E-state index in [1.807, 2.05) is 6.07 Å². The highest BCUT2D eigenvalue weighted by Crippen LogP contribution is 2.26. The molecular weight excluding hydrogens is 389 g/mol. The molecule has 0 bridgehead atoms. The van der Waals surface area contributed by atoms with E-state index in [0.717, 1.165) is 29.0 Å². The summed E-state index contributed by atoms with van der Waals surface area (Å²) in [6, 6.07) is 6.47. The van der Waals surface area contributed by atoms with Crippen molar-refractivity contribution in [1.82, 2.24) is 14.9 Å². The van der Waals surface area contributed by atoms with Crippen LogP contribution in [0.2, 0.25) is 0 Å². The molecule has 0 saturated heterocycles. The summed E-state index contributed by atoms with van der Waals surface area (Å²) in [5.41, 5.74) is 3.83. The highest BCUT2D eigenvalue weighted by molar-refractivity contribution is 14.1. The van der Waals surface area contributed by atoms with Crippen LogP contribution < -0.4 is 10.1 Å². The van der Waals surface area contributed by atoms with Gasteiger partial charge in [-0.15, -0.1) is 0 Å². The molecule has 0 unspecified atom stereocenters. The molecule has 0 spiro atoms. The van der Waals surface area contributed by atoms with Gasteiger partial charge in [0.2, 0.25) is 0 Å². The predicted octanol–water partition coefficient (Wildman–Crippen LogP) is 3.39. The Balaban J connectivity index is 1.77. The summed E-state index contributed by atoms with van der Waals surface area (Å²) < 4.78 is 9.48. The molecule has 1 aromatic carbocycles. The Kier molecular flexibility index (Phi) is 4.73. The summed E-state index contributed by atoms with van der Waals surface area (Å²) in [7, 11) is 0. The van der Waals surface area contributed by atoms with Crippen molar-refractivity contribution >= 4 is 22.6 Å². The van der Waals surface area contributed by atoms with Gasteiger partial charge in [0.05, 0.1) is 11.7 Å². The second-order valence-corrected chi connectivity index (χ2v) is 6.79. The molecule has 0 amide bonds. The molecule has 2 aromatic rings. The number of ether oxygens (including phenoxy) is 1. The van der Waals surface area contributed by atoms with Crippen LogP contribution >= 0.6 is 22.6 Å². The predicted molar refractivity (Wildman–Crippen MR) is 96.5 cm³/mol. The Morgan fingerprint density at radius 1 is 1.36 bits per heavy atom. The maximum atomic E-state index is 6.03. The van der Waals surface area contributed by atoms with Gasteiger partial charge in [-0.2, -0.15) is 0 Å². The van der Waals surface area contributed by atoms with Crippen LogP contribution in [-0.4, -0.2) is 22.7 Å². The number of nitrogens with zero attached hydrogens (tertiary/aromatic N) is 2. The van der Waals surface area contributed by atoms with Gasteiger partial charge in [-0.25, -0.2) is 4.98 Å². The van der Waals surface area contributed by atoms with E-state index in [1.54, 1.807) is 0 Å².